The van der Waals surface area contributed by atoms with Crippen LogP contribution in [-0.4, -0.2) is 48.3 Å². The minimum absolute atomic E-state index is 0.251. The van der Waals surface area contributed by atoms with Crippen molar-refractivity contribution in [3.63, 3.8) is 0 Å². The number of alkyl halides is 3. The molecule has 0 radical (unpaired) electrons. The minimum atomic E-state index is -5.07. The second-order valence-electron chi connectivity index (χ2n) is 5.31. The molecule has 1 amide bonds. The molecule has 124 valence electrons. The molecule has 2 heterocycles. The molecule has 2 aliphatic rings. The van der Waals surface area contributed by atoms with Crippen LogP contribution in [0.1, 0.15) is 15.9 Å². The predicted octanol–water partition coefficient (Wildman–Crippen LogP) is 1.85. The largest absolute Gasteiger partial charge is 0.490 e. The third-order valence-corrected chi connectivity index (χ3v) is 4.68. The van der Waals surface area contributed by atoms with E-state index in [1.807, 2.05) is 0 Å². The maximum atomic E-state index is 12.5. The summed E-state index contributed by atoms with van der Waals surface area (Å²) in [5.74, 6) is -2.53. The van der Waals surface area contributed by atoms with Crippen molar-refractivity contribution in [1.29, 1.82) is 0 Å². The molecule has 1 unspecified atom stereocenters. The van der Waals surface area contributed by atoms with Gasteiger partial charge in [-0.15, -0.1) is 0 Å². The van der Waals surface area contributed by atoms with Crippen LogP contribution in [0, 0.1) is 0 Å². The van der Waals surface area contributed by atoms with Crippen LogP contribution in [0.4, 0.5) is 13.2 Å². The highest BCUT2D eigenvalue weighted by molar-refractivity contribution is 9.10. The predicted molar refractivity (Wildman–Crippen MR) is 76.6 cm³/mol. The fraction of sp³-hybridized carbons (Fsp3) is 0.429. The number of hydrogen-bond donors (Lipinski definition) is 1. The average Bonchev–Trinajstić information content (AvgIpc) is 2.48. The molecule has 5 nitrogen and oxygen atoms in total. The summed E-state index contributed by atoms with van der Waals surface area (Å²) in [7, 11) is 0. The van der Waals surface area contributed by atoms with Crippen molar-refractivity contribution in [1.82, 2.24) is 10.2 Å². The summed E-state index contributed by atoms with van der Waals surface area (Å²) < 4.78 is 42.5. The lowest BCUT2D eigenvalue weighted by molar-refractivity contribution is -0.210. The highest BCUT2D eigenvalue weighted by atomic mass is 79.9. The molecule has 1 fully saturated rings. The van der Waals surface area contributed by atoms with Crippen molar-refractivity contribution in [3.8, 4) is 0 Å². The van der Waals surface area contributed by atoms with E-state index in [-0.39, 0.29) is 12.5 Å². The number of ether oxygens (including phenoxy) is 1. The fourth-order valence-corrected chi connectivity index (χ4v) is 3.42. The van der Waals surface area contributed by atoms with Crippen molar-refractivity contribution in [3.05, 3.63) is 33.8 Å². The summed E-state index contributed by atoms with van der Waals surface area (Å²) >= 11 is 3.35. The van der Waals surface area contributed by atoms with Crippen molar-refractivity contribution < 1.29 is 27.5 Å². The van der Waals surface area contributed by atoms with Gasteiger partial charge in [0.05, 0.1) is 6.04 Å². The Morgan fingerprint density at radius 3 is 2.83 bits per heavy atom. The summed E-state index contributed by atoms with van der Waals surface area (Å²) in [5, 5.41) is 2.74. The standard InChI is InChI=1S/C14H12BrF3N2O3/c15-9-3-1-2-7-8(9)6-10-11(23-13(22)14(16,17)18)19-4-5-20(10)12(7)21/h1-3,10-11,19H,4-6H2/t10-,11?/m1/s1. The summed E-state index contributed by atoms with van der Waals surface area (Å²) in [6.45, 7) is 0.594. The molecular formula is C14H12BrF3N2O3. The molecule has 0 saturated carbocycles. The van der Waals surface area contributed by atoms with Gasteiger partial charge in [-0.25, -0.2) is 4.79 Å². The minimum Gasteiger partial charge on any atom is -0.438 e. The quantitative estimate of drug-likeness (QED) is 0.741. The number of amides is 1. The monoisotopic (exact) mass is 392 g/mol. The molecule has 1 saturated heterocycles. The number of rotatable bonds is 1. The first kappa shape index (κ1) is 16.3. The van der Waals surface area contributed by atoms with Gasteiger partial charge in [0.25, 0.3) is 5.91 Å². The number of esters is 1. The van der Waals surface area contributed by atoms with Gasteiger partial charge in [-0.05, 0) is 24.1 Å². The first-order valence-electron chi connectivity index (χ1n) is 6.88. The van der Waals surface area contributed by atoms with Gasteiger partial charge in [-0.3, -0.25) is 10.1 Å². The summed E-state index contributed by atoms with van der Waals surface area (Å²) in [5.41, 5.74) is 1.22. The van der Waals surface area contributed by atoms with Crippen molar-refractivity contribution in [2.45, 2.75) is 24.9 Å². The molecule has 0 aliphatic carbocycles. The molecular weight excluding hydrogens is 381 g/mol. The Balaban J connectivity index is 1.89. The lowest BCUT2D eigenvalue weighted by atomic mass is 9.91. The molecule has 2 aliphatic heterocycles. The molecule has 1 N–H and O–H groups in total. The average molecular weight is 393 g/mol. The number of halogens is 4. The van der Waals surface area contributed by atoms with Gasteiger partial charge in [-0.1, -0.05) is 22.0 Å². The Kier molecular flexibility index (Phi) is 4.09. The van der Waals surface area contributed by atoms with E-state index in [1.54, 1.807) is 18.2 Å². The third kappa shape index (κ3) is 2.94. The summed E-state index contributed by atoms with van der Waals surface area (Å²) in [4.78, 5) is 25.1. The first-order chi connectivity index (χ1) is 10.8. The highest BCUT2D eigenvalue weighted by Gasteiger charge is 2.47. The van der Waals surface area contributed by atoms with E-state index >= 15 is 0 Å². The lowest BCUT2D eigenvalue weighted by Crippen LogP contribution is -2.63. The van der Waals surface area contributed by atoms with E-state index in [9.17, 15) is 22.8 Å². The first-order valence-corrected chi connectivity index (χ1v) is 7.68. The van der Waals surface area contributed by atoms with Gasteiger partial charge in [0.15, 0.2) is 6.23 Å². The SMILES string of the molecule is O=C1c2cccc(Br)c2C[C@@H]2C(OC(=O)C(F)(F)F)NCCN12. The van der Waals surface area contributed by atoms with Gasteiger partial charge in [0.1, 0.15) is 0 Å². The van der Waals surface area contributed by atoms with Crippen LogP contribution in [0.3, 0.4) is 0 Å². The molecule has 0 aromatic heterocycles. The van der Waals surface area contributed by atoms with Crippen LogP contribution in [0.2, 0.25) is 0 Å². The van der Waals surface area contributed by atoms with Gasteiger partial charge < -0.3 is 9.64 Å². The molecule has 2 atom stereocenters. The second kappa shape index (κ2) is 5.79. The van der Waals surface area contributed by atoms with E-state index in [1.165, 1.54) is 4.90 Å². The Morgan fingerprint density at radius 1 is 1.39 bits per heavy atom. The van der Waals surface area contributed by atoms with Crippen LogP contribution in [0.25, 0.3) is 0 Å². The zero-order valence-corrected chi connectivity index (χ0v) is 13.3. The van der Waals surface area contributed by atoms with Crippen LogP contribution >= 0.6 is 15.9 Å². The molecule has 9 heteroatoms. The zero-order valence-electron chi connectivity index (χ0n) is 11.7. The zero-order chi connectivity index (χ0) is 16.8. The number of piperazine rings is 1. The van der Waals surface area contributed by atoms with Gasteiger partial charge in [-0.2, -0.15) is 13.2 Å². The molecule has 1 aromatic carbocycles. The number of carbonyl (C=O) groups excluding carboxylic acids is 2. The topological polar surface area (TPSA) is 58.6 Å². The number of carbonyl (C=O) groups is 2. The third-order valence-electron chi connectivity index (χ3n) is 3.94. The normalized spacial score (nSPS) is 24.0. The van der Waals surface area contributed by atoms with Gasteiger partial charge >= 0.3 is 12.1 Å². The van der Waals surface area contributed by atoms with Crippen LogP contribution in [0.5, 0.6) is 0 Å². The van der Waals surface area contributed by atoms with Crippen LogP contribution in [0.15, 0.2) is 22.7 Å². The van der Waals surface area contributed by atoms with Crippen molar-refractivity contribution in [2.24, 2.45) is 0 Å². The fourth-order valence-electron chi connectivity index (χ4n) is 2.89. The number of nitrogens with one attached hydrogen (secondary N) is 1. The molecule has 0 bridgehead atoms. The maximum Gasteiger partial charge on any atom is 0.490 e. The molecule has 0 spiro atoms. The van der Waals surface area contributed by atoms with Gasteiger partial charge in [0, 0.05) is 23.1 Å². The van der Waals surface area contributed by atoms with Crippen LogP contribution < -0.4 is 5.32 Å². The number of nitrogens with zero attached hydrogens (tertiary/aromatic N) is 1. The molecule has 23 heavy (non-hydrogen) atoms. The van der Waals surface area contributed by atoms with E-state index in [2.05, 4.69) is 26.0 Å². The second-order valence-corrected chi connectivity index (χ2v) is 6.17. The Morgan fingerprint density at radius 2 is 2.13 bits per heavy atom. The number of fused-ring (bicyclic) bond motifs is 2. The van der Waals surface area contributed by atoms with Crippen molar-refractivity contribution >= 4 is 27.8 Å². The Bertz CT molecular complexity index is 665. The van der Waals surface area contributed by atoms with E-state index < -0.39 is 24.4 Å². The lowest BCUT2D eigenvalue weighted by Gasteiger charge is -2.44. The summed E-state index contributed by atoms with van der Waals surface area (Å²) in [6, 6.07) is 4.49. The molecule has 3 rings (SSSR count). The summed E-state index contributed by atoms with van der Waals surface area (Å²) in [6.07, 6.45) is -5.96. The van der Waals surface area contributed by atoms with E-state index in [0.29, 0.717) is 28.6 Å². The van der Waals surface area contributed by atoms with Gasteiger partial charge in [0.2, 0.25) is 0 Å². The van der Waals surface area contributed by atoms with E-state index in [4.69, 9.17) is 0 Å². The number of hydrogen-bond acceptors (Lipinski definition) is 4. The van der Waals surface area contributed by atoms with E-state index in [0.717, 1.165) is 0 Å². The highest BCUT2D eigenvalue weighted by Crippen LogP contribution is 2.32. The molecule has 1 aromatic rings. The Labute approximate surface area is 137 Å². The van der Waals surface area contributed by atoms with Crippen LogP contribution in [-0.2, 0) is 16.0 Å². The smallest absolute Gasteiger partial charge is 0.438 e. The maximum absolute atomic E-state index is 12.5. The number of benzene rings is 1. The van der Waals surface area contributed by atoms with Crippen molar-refractivity contribution in [2.75, 3.05) is 13.1 Å². The Hall–Kier alpha value is -1.61.